The van der Waals surface area contributed by atoms with E-state index < -0.39 is 11.7 Å². The molecule has 1 aliphatic heterocycles. The molecule has 0 radical (unpaired) electrons. The van der Waals surface area contributed by atoms with Crippen LogP contribution in [0.1, 0.15) is 32.3 Å². The van der Waals surface area contributed by atoms with E-state index in [1.54, 1.807) is 12.1 Å². The third-order valence-electron chi connectivity index (χ3n) is 6.49. The molecule has 0 unspecified atom stereocenters. The van der Waals surface area contributed by atoms with Crippen LogP contribution in [0.25, 0.3) is 0 Å². The van der Waals surface area contributed by atoms with Gasteiger partial charge in [0, 0.05) is 18.8 Å². The van der Waals surface area contributed by atoms with Gasteiger partial charge in [-0.05, 0) is 72.9 Å². The number of ether oxygens (including phenoxy) is 2. The van der Waals surface area contributed by atoms with E-state index in [1.807, 2.05) is 59.5 Å². The van der Waals surface area contributed by atoms with Crippen LogP contribution in [0, 0.1) is 11.7 Å². The number of halogens is 1. The van der Waals surface area contributed by atoms with Crippen LogP contribution in [-0.2, 0) is 11.4 Å². The molecule has 0 saturated carbocycles. The van der Waals surface area contributed by atoms with Gasteiger partial charge < -0.3 is 19.9 Å². The number of amides is 1. The van der Waals surface area contributed by atoms with Gasteiger partial charge in [-0.1, -0.05) is 44.2 Å². The smallest absolute Gasteiger partial charge is 0.238 e. The summed E-state index contributed by atoms with van der Waals surface area (Å²) in [5.74, 6) is 1.01. The predicted octanol–water partition coefficient (Wildman–Crippen LogP) is 5.27. The number of anilines is 1. The van der Waals surface area contributed by atoms with Crippen LogP contribution >= 0.6 is 0 Å². The van der Waals surface area contributed by atoms with Crippen molar-refractivity contribution in [2.75, 3.05) is 25.0 Å². The molecule has 1 fully saturated rings. The number of hydrogen-bond acceptors (Lipinski definition) is 5. The maximum Gasteiger partial charge on any atom is 0.238 e. The van der Waals surface area contributed by atoms with E-state index in [2.05, 4.69) is 19.2 Å². The summed E-state index contributed by atoms with van der Waals surface area (Å²) in [5, 5.41) is 14.3. The van der Waals surface area contributed by atoms with Crippen molar-refractivity contribution in [2.24, 2.45) is 5.92 Å². The molecule has 2 atom stereocenters. The number of carbonyl (C=O) groups is 1. The third kappa shape index (κ3) is 7.78. The van der Waals surface area contributed by atoms with Crippen LogP contribution in [-0.4, -0.2) is 47.3 Å². The van der Waals surface area contributed by atoms with Gasteiger partial charge in [0.1, 0.15) is 35.6 Å². The Morgan fingerprint density at radius 2 is 1.73 bits per heavy atom. The first-order valence-electron chi connectivity index (χ1n) is 12.7. The molecular weight excluding hydrogens is 471 g/mol. The highest BCUT2D eigenvalue weighted by molar-refractivity contribution is 5.92. The maximum absolute atomic E-state index is 13.3. The van der Waals surface area contributed by atoms with Gasteiger partial charge in [0.15, 0.2) is 0 Å². The van der Waals surface area contributed by atoms with Crippen molar-refractivity contribution in [3.63, 3.8) is 0 Å². The minimum atomic E-state index is -1.02. The summed E-state index contributed by atoms with van der Waals surface area (Å²) in [6.45, 7) is 5.74. The van der Waals surface area contributed by atoms with Gasteiger partial charge in [-0.25, -0.2) is 4.39 Å². The minimum Gasteiger partial charge on any atom is -0.489 e. The second kappa shape index (κ2) is 12.2. The fourth-order valence-electron chi connectivity index (χ4n) is 4.70. The third-order valence-corrected chi connectivity index (χ3v) is 6.49. The highest BCUT2D eigenvalue weighted by Crippen LogP contribution is 2.32. The number of hydrogen-bond donors (Lipinski definition) is 2. The van der Waals surface area contributed by atoms with Crippen LogP contribution in [0.5, 0.6) is 11.5 Å². The molecule has 2 N–H and O–H groups in total. The molecule has 1 amide bonds. The lowest BCUT2D eigenvalue weighted by molar-refractivity contribution is -0.129. The van der Waals surface area contributed by atoms with Crippen molar-refractivity contribution in [3.05, 3.63) is 90.2 Å². The summed E-state index contributed by atoms with van der Waals surface area (Å²) < 4.78 is 25.3. The predicted molar refractivity (Wildman–Crippen MR) is 142 cm³/mol. The summed E-state index contributed by atoms with van der Waals surface area (Å²) in [5.41, 5.74) is 0.749. The van der Waals surface area contributed by atoms with Crippen LogP contribution in [0.15, 0.2) is 78.9 Å². The Labute approximate surface area is 218 Å². The number of benzene rings is 3. The molecule has 0 aliphatic carbocycles. The van der Waals surface area contributed by atoms with E-state index in [0.29, 0.717) is 44.0 Å². The zero-order valence-corrected chi connectivity index (χ0v) is 21.4. The van der Waals surface area contributed by atoms with E-state index in [-0.39, 0.29) is 24.2 Å². The SMILES string of the molecule is CC(C)C[C@]1(O)CCN(CC(=O)Nc2ccc(OCc3ccccc3)cc2)C[C@@H]1Oc1ccc(F)cc1. The number of piperidine rings is 1. The second-order valence-corrected chi connectivity index (χ2v) is 10.1. The van der Waals surface area contributed by atoms with Crippen LogP contribution < -0.4 is 14.8 Å². The summed E-state index contributed by atoms with van der Waals surface area (Å²) in [6.07, 6.45) is 0.526. The summed E-state index contributed by atoms with van der Waals surface area (Å²) in [4.78, 5) is 14.8. The lowest BCUT2D eigenvalue weighted by Gasteiger charge is -2.45. The first kappa shape index (κ1) is 26.6. The lowest BCUT2D eigenvalue weighted by atomic mass is 9.81. The topological polar surface area (TPSA) is 71.0 Å². The lowest BCUT2D eigenvalue weighted by Crippen LogP contribution is -2.59. The van der Waals surface area contributed by atoms with Crippen LogP contribution in [0.2, 0.25) is 0 Å². The molecule has 1 heterocycles. The van der Waals surface area contributed by atoms with Crippen molar-refractivity contribution in [3.8, 4) is 11.5 Å². The molecule has 3 aromatic carbocycles. The van der Waals surface area contributed by atoms with E-state index in [4.69, 9.17) is 9.47 Å². The molecule has 1 saturated heterocycles. The Bertz CT molecular complexity index is 1140. The Kier molecular flexibility index (Phi) is 8.79. The average molecular weight is 507 g/mol. The minimum absolute atomic E-state index is 0.146. The van der Waals surface area contributed by atoms with Crippen molar-refractivity contribution in [2.45, 2.75) is 45.0 Å². The van der Waals surface area contributed by atoms with Gasteiger partial charge in [-0.2, -0.15) is 0 Å². The molecule has 37 heavy (non-hydrogen) atoms. The van der Waals surface area contributed by atoms with Crippen molar-refractivity contribution in [1.82, 2.24) is 4.90 Å². The Hall–Kier alpha value is -3.42. The molecule has 4 rings (SSSR count). The fourth-order valence-corrected chi connectivity index (χ4v) is 4.70. The van der Waals surface area contributed by atoms with Crippen molar-refractivity contribution in [1.29, 1.82) is 0 Å². The van der Waals surface area contributed by atoms with E-state index in [0.717, 1.165) is 11.3 Å². The van der Waals surface area contributed by atoms with Gasteiger partial charge in [0.2, 0.25) is 5.91 Å². The quantitative estimate of drug-likeness (QED) is 0.392. The fraction of sp³-hybridized carbons (Fsp3) is 0.367. The normalized spacial score (nSPS) is 20.0. The molecular formula is C30H35FN2O4. The van der Waals surface area contributed by atoms with Gasteiger partial charge in [-0.15, -0.1) is 0 Å². The zero-order valence-electron chi connectivity index (χ0n) is 21.4. The number of carbonyl (C=O) groups excluding carboxylic acids is 1. The molecule has 0 bridgehead atoms. The number of nitrogens with zero attached hydrogens (tertiary/aromatic N) is 1. The second-order valence-electron chi connectivity index (χ2n) is 10.1. The molecule has 196 valence electrons. The highest BCUT2D eigenvalue weighted by atomic mass is 19.1. The number of nitrogens with one attached hydrogen (secondary N) is 1. The number of likely N-dealkylation sites (tertiary alicyclic amines) is 1. The Morgan fingerprint density at radius 1 is 1.05 bits per heavy atom. The van der Waals surface area contributed by atoms with Gasteiger partial charge >= 0.3 is 0 Å². The molecule has 3 aromatic rings. The summed E-state index contributed by atoms with van der Waals surface area (Å²) in [7, 11) is 0. The summed E-state index contributed by atoms with van der Waals surface area (Å²) >= 11 is 0. The first-order valence-corrected chi connectivity index (χ1v) is 12.7. The number of aliphatic hydroxyl groups is 1. The average Bonchev–Trinajstić information content (AvgIpc) is 2.87. The molecule has 1 aliphatic rings. The van der Waals surface area contributed by atoms with Gasteiger partial charge in [-0.3, -0.25) is 9.69 Å². The maximum atomic E-state index is 13.3. The Morgan fingerprint density at radius 3 is 2.41 bits per heavy atom. The summed E-state index contributed by atoms with van der Waals surface area (Å²) in [6, 6.07) is 23.0. The zero-order chi connectivity index (χ0) is 26.3. The first-order chi connectivity index (χ1) is 17.8. The van der Waals surface area contributed by atoms with Gasteiger partial charge in [0.25, 0.3) is 0 Å². The number of rotatable bonds is 10. The standard InChI is InChI=1S/C30H35FN2O4/c1-22(2)18-30(35)16-17-33(19-28(30)37-27-12-8-24(31)9-13-27)20-29(34)32-25-10-14-26(15-11-25)36-21-23-6-4-3-5-7-23/h3-15,22,28,35H,16-21H2,1-2H3,(H,32,34)/t28-,30+/m0/s1. The Balaban J connectivity index is 1.32. The molecule has 0 aromatic heterocycles. The monoisotopic (exact) mass is 506 g/mol. The molecule has 0 spiro atoms. The van der Waals surface area contributed by atoms with E-state index in [1.165, 1.54) is 12.1 Å². The highest BCUT2D eigenvalue weighted by Gasteiger charge is 2.43. The van der Waals surface area contributed by atoms with E-state index >= 15 is 0 Å². The molecule has 7 heteroatoms. The van der Waals surface area contributed by atoms with Crippen LogP contribution in [0.4, 0.5) is 10.1 Å². The van der Waals surface area contributed by atoms with Gasteiger partial charge in [0.05, 0.1) is 6.54 Å². The molecule has 6 nitrogen and oxygen atoms in total. The van der Waals surface area contributed by atoms with Crippen LogP contribution in [0.3, 0.4) is 0 Å². The van der Waals surface area contributed by atoms with Crippen molar-refractivity contribution < 1.29 is 23.8 Å². The van der Waals surface area contributed by atoms with E-state index in [9.17, 15) is 14.3 Å². The van der Waals surface area contributed by atoms with Crippen molar-refractivity contribution >= 4 is 11.6 Å². The largest absolute Gasteiger partial charge is 0.489 e.